The number of nitrogens with one attached hydrogen (secondary N) is 1. The fourth-order valence-corrected chi connectivity index (χ4v) is 7.46. The van der Waals surface area contributed by atoms with Crippen molar-refractivity contribution in [2.24, 2.45) is 17.8 Å². The van der Waals surface area contributed by atoms with E-state index in [4.69, 9.17) is 4.74 Å². The first kappa shape index (κ1) is 23.3. The minimum atomic E-state index is -0.108. The number of amides is 2. The lowest BCUT2D eigenvalue weighted by Gasteiger charge is -2.49. The number of thiophene rings is 1. The van der Waals surface area contributed by atoms with E-state index in [2.05, 4.69) is 30.1 Å². The van der Waals surface area contributed by atoms with E-state index in [1.807, 2.05) is 11.3 Å². The molecule has 2 unspecified atom stereocenters. The van der Waals surface area contributed by atoms with Gasteiger partial charge in [-0.05, 0) is 63.0 Å². The van der Waals surface area contributed by atoms with E-state index in [-0.39, 0.29) is 35.3 Å². The Bertz CT molecular complexity index is 909. The number of ether oxygens (including phenoxy) is 1. The molecule has 2 aliphatic carbocycles. The largest absolute Gasteiger partial charge is 0.370 e. The topological polar surface area (TPSA) is 61.9 Å². The van der Waals surface area contributed by atoms with Crippen LogP contribution in [-0.2, 0) is 32.8 Å². The zero-order chi connectivity index (χ0) is 23.3. The molecule has 2 amide bonds. The summed E-state index contributed by atoms with van der Waals surface area (Å²) in [4.78, 5) is 31.8. The van der Waals surface area contributed by atoms with Crippen LogP contribution in [0, 0.1) is 17.8 Å². The first-order valence-corrected chi connectivity index (χ1v) is 13.6. The maximum atomic E-state index is 12.5. The Morgan fingerprint density at radius 1 is 1.27 bits per heavy atom. The summed E-state index contributed by atoms with van der Waals surface area (Å²) in [5.41, 5.74) is 1.41. The summed E-state index contributed by atoms with van der Waals surface area (Å²) in [7, 11) is 3.52. The number of aryl methyl sites for hydroxylation is 1. The molecule has 5 rings (SSSR count). The van der Waals surface area contributed by atoms with E-state index in [0.717, 1.165) is 58.2 Å². The average Bonchev–Trinajstić information content (AvgIpc) is 3.44. The van der Waals surface area contributed by atoms with Crippen LogP contribution in [-0.4, -0.2) is 67.5 Å². The quantitative estimate of drug-likeness (QED) is 0.689. The molecule has 4 aliphatic rings. The molecule has 4 atom stereocenters. The number of rotatable bonds is 6. The van der Waals surface area contributed by atoms with Crippen LogP contribution < -0.4 is 5.32 Å². The molecule has 182 valence electrons. The molecular weight excluding hydrogens is 434 g/mol. The Balaban J connectivity index is 1.09. The van der Waals surface area contributed by atoms with Gasteiger partial charge in [-0.25, -0.2) is 0 Å². The zero-order valence-corrected chi connectivity index (χ0v) is 21.4. The van der Waals surface area contributed by atoms with Crippen molar-refractivity contribution in [3.63, 3.8) is 0 Å². The van der Waals surface area contributed by atoms with Crippen molar-refractivity contribution in [2.45, 2.75) is 76.5 Å². The molecule has 1 N–H and O–H groups in total. The lowest BCUT2D eigenvalue weighted by atomic mass is 9.76. The summed E-state index contributed by atoms with van der Waals surface area (Å²) >= 11 is 1.99. The fraction of sp³-hybridized carbons (Fsp3) is 0.769. The smallest absolute Gasteiger partial charge is 0.225 e. The van der Waals surface area contributed by atoms with Crippen molar-refractivity contribution in [1.82, 2.24) is 15.1 Å². The normalized spacial score (nSPS) is 35.6. The molecule has 0 radical (unpaired) electrons. The molecule has 6 nitrogen and oxygen atoms in total. The van der Waals surface area contributed by atoms with Crippen LogP contribution in [0.4, 0.5) is 0 Å². The van der Waals surface area contributed by atoms with Gasteiger partial charge in [0.05, 0.1) is 24.0 Å². The predicted octanol–water partition coefficient (Wildman–Crippen LogP) is 3.18. The molecule has 33 heavy (non-hydrogen) atoms. The van der Waals surface area contributed by atoms with Crippen molar-refractivity contribution < 1.29 is 14.3 Å². The van der Waals surface area contributed by atoms with E-state index in [9.17, 15) is 9.59 Å². The summed E-state index contributed by atoms with van der Waals surface area (Å²) in [6.07, 6.45) is 7.17. The van der Waals surface area contributed by atoms with Crippen molar-refractivity contribution >= 4 is 23.2 Å². The minimum Gasteiger partial charge on any atom is -0.370 e. The van der Waals surface area contributed by atoms with Crippen molar-refractivity contribution in [3.8, 4) is 0 Å². The Morgan fingerprint density at radius 2 is 2.06 bits per heavy atom. The SMILES string of the molecule is CCc1cc2c(s1)CCO[C@@]21CCN(C[C@H]2C[C@@H](NC(=O)C3CC3C(=O)N(C)C)C2)[C@@H](C)C1. The van der Waals surface area contributed by atoms with Crippen molar-refractivity contribution in [3.05, 3.63) is 21.4 Å². The standard InChI is InChI=1S/C26H39N3O3S/c1-5-19-12-22-23(33-19)6-9-32-26(22)7-8-29(16(2)14-26)15-17-10-18(11-17)27-24(30)20-13-21(20)25(31)28(3)4/h12,16-18,20-21H,5-11,13-15H2,1-4H3,(H,27,30)/t16-,17-,18+,20?,21?,26+/m0/s1. The third-order valence-corrected chi connectivity index (χ3v) is 9.76. The van der Waals surface area contributed by atoms with Gasteiger partial charge < -0.3 is 19.9 Å². The molecule has 1 aromatic rings. The number of carbonyl (C=O) groups is 2. The molecule has 3 fully saturated rings. The number of piperidine rings is 1. The molecule has 0 bridgehead atoms. The number of hydrogen-bond acceptors (Lipinski definition) is 5. The summed E-state index contributed by atoms with van der Waals surface area (Å²) in [5.74, 6) is 0.612. The number of fused-ring (bicyclic) bond motifs is 2. The van der Waals surface area contributed by atoms with Gasteiger partial charge in [-0.15, -0.1) is 11.3 Å². The highest BCUT2D eigenvalue weighted by Crippen LogP contribution is 2.47. The van der Waals surface area contributed by atoms with Crippen LogP contribution in [0.5, 0.6) is 0 Å². The van der Waals surface area contributed by atoms with E-state index in [1.165, 1.54) is 10.4 Å². The Morgan fingerprint density at radius 3 is 2.76 bits per heavy atom. The molecule has 1 saturated heterocycles. The Kier molecular flexibility index (Phi) is 6.34. The first-order chi connectivity index (χ1) is 15.8. The predicted molar refractivity (Wildman–Crippen MR) is 130 cm³/mol. The first-order valence-electron chi connectivity index (χ1n) is 12.8. The average molecular weight is 474 g/mol. The highest BCUT2D eigenvalue weighted by molar-refractivity contribution is 7.12. The maximum absolute atomic E-state index is 12.5. The van der Waals surface area contributed by atoms with Crippen LogP contribution >= 0.6 is 11.3 Å². The second kappa shape index (κ2) is 8.97. The number of nitrogens with zero attached hydrogens (tertiary/aromatic N) is 2. The Hall–Kier alpha value is -1.44. The van der Waals surface area contributed by atoms with Crippen LogP contribution in [0.15, 0.2) is 6.07 Å². The number of hydrogen-bond donors (Lipinski definition) is 1. The second-order valence-electron chi connectivity index (χ2n) is 11.0. The molecule has 2 saturated carbocycles. The molecule has 1 aromatic heterocycles. The molecular formula is C26H39N3O3S. The van der Waals surface area contributed by atoms with Gasteiger partial charge in [-0.2, -0.15) is 0 Å². The van der Waals surface area contributed by atoms with E-state index >= 15 is 0 Å². The lowest BCUT2D eigenvalue weighted by molar-refractivity contribution is -0.133. The van der Waals surface area contributed by atoms with Crippen LogP contribution in [0.3, 0.4) is 0 Å². The van der Waals surface area contributed by atoms with Crippen LogP contribution in [0.2, 0.25) is 0 Å². The second-order valence-corrected chi connectivity index (χ2v) is 12.2. The van der Waals surface area contributed by atoms with Gasteiger partial charge in [0.25, 0.3) is 0 Å². The van der Waals surface area contributed by atoms with E-state index in [0.29, 0.717) is 18.4 Å². The van der Waals surface area contributed by atoms with Gasteiger partial charge in [0.1, 0.15) is 0 Å². The summed E-state index contributed by atoms with van der Waals surface area (Å²) < 4.78 is 6.49. The van der Waals surface area contributed by atoms with Crippen molar-refractivity contribution in [1.29, 1.82) is 0 Å². The molecule has 0 aromatic carbocycles. The Labute approximate surface area is 202 Å². The zero-order valence-electron chi connectivity index (χ0n) is 20.6. The number of likely N-dealkylation sites (tertiary alicyclic amines) is 1. The van der Waals surface area contributed by atoms with E-state index < -0.39 is 0 Å². The molecule has 3 heterocycles. The lowest BCUT2D eigenvalue weighted by Crippen LogP contribution is -2.54. The van der Waals surface area contributed by atoms with Gasteiger partial charge in [0.2, 0.25) is 11.8 Å². The highest BCUT2D eigenvalue weighted by atomic mass is 32.1. The fourth-order valence-electron chi connectivity index (χ4n) is 6.28. The van der Waals surface area contributed by atoms with Crippen LogP contribution in [0.25, 0.3) is 0 Å². The highest BCUT2D eigenvalue weighted by Gasteiger charge is 2.50. The monoisotopic (exact) mass is 473 g/mol. The maximum Gasteiger partial charge on any atom is 0.225 e. The van der Waals surface area contributed by atoms with Gasteiger partial charge in [-0.1, -0.05) is 6.92 Å². The van der Waals surface area contributed by atoms with Crippen molar-refractivity contribution in [2.75, 3.05) is 33.8 Å². The summed E-state index contributed by atoms with van der Waals surface area (Å²) in [5, 5.41) is 3.20. The molecule has 1 spiro atoms. The molecule has 2 aliphatic heterocycles. The minimum absolute atomic E-state index is 0.0751. The third kappa shape index (κ3) is 4.48. The van der Waals surface area contributed by atoms with Crippen LogP contribution in [0.1, 0.15) is 61.3 Å². The van der Waals surface area contributed by atoms with Gasteiger partial charge >= 0.3 is 0 Å². The van der Waals surface area contributed by atoms with Gasteiger partial charge in [-0.3, -0.25) is 9.59 Å². The van der Waals surface area contributed by atoms with E-state index in [1.54, 1.807) is 23.9 Å². The summed E-state index contributed by atoms with van der Waals surface area (Å²) in [6, 6.07) is 3.22. The summed E-state index contributed by atoms with van der Waals surface area (Å²) in [6.45, 7) is 7.66. The molecule has 7 heteroatoms. The van der Waals surface area contributed by atoms with Gasteiger partial charge in [0, 0.05) is 55.4 Å². The number of carbonyl (C=O) groups excluding carboxylic acids is 2. The van der Waals surface area contributed by atoms with Gasteiger partial charge in [0.15, 0.2) is 0 Å². The third-order valence-electron chi connectivity index (χ3n) is 8.42.